The molecule has 0 aliphatic carbocycles. The normalized spacial score (nSPS) is 26.5. The van der Waals surface area contributed by atoms with E-state index in [4.69, 9.17) is 0 Å². The van der Waals surface area contributed by atoms with Crippen LogP contribution < -0.4 is 9.67 Å². The molecule has 0 saturated carbocycles. The smallest absolute Gasteiger partial charge is 0.235 e. The van der Waals surface area contributed by atoms with Crippen LogP contribution in [0.25, 0.3) is 0 Å². The average Bonchev–Trinajstić information content (AvgIpc) is 2.75. The Kier molecular flexibility index (Phi) is 4.64. The number of aliphatic carboxylic acids is 1. The van der Waals surface area contributed by atoms with Gasteiger partial charge in [-0.05, 0) is 19.4 Å². The van der Waals surface area contributed by atoms with Gasteiger partial charge in [-0.15, -0.1) is 11.8 Å². The molecule has 0 radical (unpaired) electrons. The van der Waals surface area contributed by atoms with Gasteiger partial charge in [0.2, 0.25) is 5.91 Å². The van der Waals surface area contributed by atoms with Crippen LogP contribution in [-0.4, -0.2) is 34.0 Å². The first-order chi connectivity index (χ1) is 11.7. The Hall–Kier alpha value is -1.86. The van der Waals surface area contributed by atoms with Gasteiger partial charge in [-0.25, -0.2) is 4.57 Å². The number of hydrogen-bond acceptors (Lipinski definition) is 5. The highest BCUT2D eigenvalue weighted by Crippen LogP contribution is 2.50. The second-order valence-electron chi connectivity index (χ2n) is 6.86. The molecule has 0 aromatic carbocycles. The Balaban J connectivity index is 1.86. The SMILES string of the molecule is Cc1c[n+](C)ccc1CSC1=C(C(=O)[O-])N2C(=O)[C@H]([C@@H](C)O)[C@@H]2[C@H]1C. The Bertz CT molecular complexity index is 774. The lowest BCUT2D eigenvalue weighted by molar-refractivity contribution is -0.671. The van der Waals surface area contributed by atoms with Gasteiger partial charge in [0.15, 0.2) is 12.4 Å². The molecule has 1 N–H and O–H groups in total. The lowest BCUT2D eigenvalue weighted by Crippen LogP contribution is -2.64. The van der Waals surface area contributed by atoms with Gasteiger partial charge in [0.05, 0.1) is 29.7 Å². The first-order valence-corrected chi connectivity index (χ1v) is 9.26. The van der Waals surface area contributed by atoms with E-state index in [1.165, 1.54) is 16.7 Å². The molecule has 134 valence electrons. The van der Waals surface area contributed by atoms with Gasteiger partial charge in [0.1, 0.15) is 7.05 Å². The van der Waals surface area contributed by atoms with Crippen molar-refractivity contribution in [1.29, 1.82) is 0 Å². The van der Waals surface area contributed by atoms with Crippen molar-refractivity contribution in [2.24, 2.45) is 18.9 Å². The number of carboxylic acid groups (broad SMARTS) is 1. The largest absolute Gasteiger partial charge is 0.543 e. The van der Waals surface area contributed by atoms with Crippen molar-refractivity contribution >= 4 is 23.6 Å². The zero-order valence-electron chi connectivity index (χ0n) is 14.7. The highest BCUT2D eigenvalue weighted by molar-refractivity contribution is 8.02. The number of β-lactam (4-membered cyclic amide) rings is 1. The fourth-order valence-electron chi connectivity index (χ4n) is 3.79. The molecule has 6 nitrogen and oxygen atoms in total. The predicted molar refractivity (Wildman–Crippen MR) is 90.7 cm³/mol. The summed E-state index contributed by atoms with van der Waals surface area (Å²) in [4.78, 5) is 25.9. The van der Waals surface area contributed by atoms with E-state index in [1.807, 2.05) is 43.9 Å². The molecular weight excluding hydrogens is 340 g/mol. The molecule has 0 spiro atoms. The number of rotatable bonds is 5. The number of nitrogens with zero attached hydrogens (tertiary/aromatic N) is 2. The van der Waals surface area contributed by atoms with Gasteiger partial charge >= 0.3 is 0 Å². The van der Waals surface area contributed by atoms with E-state index in [0.717, 1.165) is 11.1 Å². The summed E-state index contributed by atoms with van der Waals surface area (Å²) in [6, 6.07) is 1.72. The van der Waals surface area contributed by atoms with E-state index >= 15 is 0 Å². The van der Waals surface area contributed by atoms with Crippen LogP contribution in [0.5, 0.6) is 0 Å². The van der Waals surface area contributed by atoms with Gasteiger partial charge in [-0.3, -0.25) is 4.79 Å². The van der Waals surface area contributed by atoms with Crippen molar-refractivity contribution in [2.75, 3.05) is 0 Å². The molecule has 1 aromatic rings. The van der Waals surface area contributed by atoms with Crippen LogP contribution in [0.4, 0.5) is 0 Å². The molecule has 1 fully saturated rings. The maximum Gasteiger partial charge on any atom is 0.235 e. The third-order valence-electron chi connectivity index (χ3n) is 5.10. The summed E-state index contributed by atoms with van der Waals surface area (Å²) in [6.45, 7) is 5.50. The predicted octanol–water partition coefficient (Wildman–Crippen LogP) is -0.128. The maximum absolute atomic E-state index is 12.3. The molecule has 2 aliphatic heterocycles. The maximum atomic E-state index is 12.3. The first kappa shape index (κ1) is 17.9. The number of hydrogen-bond donors (Lipinski definition) is 1. The lowest BCUT2D eigenvalue weighted by Gasteiger charge is -2.47. The van der Waals surface area contributed by atoms with Crippen LogP contribution in [0.3, 0.4) is 0 Å². The number of aryl methyl sites for hydroxylation is 2. The van der Waals surface area contributed by atoms with Crippen molar-refractivity contribution in [3.63, 3.8) is 0 Å². The van der Waals surface area contributed by atoms with E-state index in [-0.39, 0.29) is 23.6 Å². The van der Waals surface area contributed by atoms with Crippen molar-refractivity contribution in [3.05, 3.63) is 40.2 Å². The molecule has 3 heterocycles. The summed E-state index contributed by atoms with van der Waals surface area (Å²) in [5.41, 5.74) is 2.22. The fourth-order valence-corrected chi connectivity index (χ4v) is 5.15. The molecular formula is C18H22N2O4S. The summed E-state index contributed by atoms with van der Waals surface area (Å²) in [5, 5.41) is 21.5. The molecule has 3 rings (SSSR count). The van der Waals surface area contributed by atoms with E-state index < -0.39 is 18.0 Å². The second kappa shape index (κ2) is 6.46. The minimum absolute atomic E-state index is 0.0245. The second-order valence-corrected chi connectivity index (χ2v) is 7.88. The van der Waals surface area contributed by atoms with Gasteiger partial charge < -0.3 is 19.9 Å². The Labute approximate surface area is 151 Å². The number of thioether (sulfide) groups is 1. The summed E-state index contributed by atoms with van der Waals surface area (Å²) in [5.74, 6) is -1.71. The Morgan fingerprint density at radius 3 is 2.76 bits per heavy atom. The Morgan fingerprint density at radius 1 is 1.52 bits per heavy atom. The molecule has 0 bridgehead atoms. The fraction of sp³-hybridized carbons (Fsp3) is 0.500. The molecule has 7 heteroatoms. The number of carboxylic acids is 1. The third-order valence-corrected chi connectivity index (χ3v) is 6.43. The number of amides is 1. The van der Waals surface area contributed by atoms with E-state index in [9.17, 15) is 19.8 Å². The molecule has 0 unspecified atom stereocenters. The average molecular weight is 362 g/mol. The van der Waals surface area contributed by atoms with Gasteiger partial charge in [-0.2, -0.15) is 0 Å². The number of carbonyl (C=O) groups is 2. The lowest BCUT2D eigenvalue weighted by atomic mass is 9.79. The summed E-state index contributed by atoms with van der Waals surface area (Å²) in [6.07, 6.45) is 3.18. The van der Waals surface area contributed by atoms with Crippen LogP contribution >= 0.6 is 11.8 Å². The minimum atomic E-state index is -1.33. The van der Waals surface area contributed by atoms with E-state index in [2.05, 4.69) is 0 Å². The molecule has 25 heavy (non-hydrogen) atoms. The van der Waals surface area contributed by atoms with Crippen LogP contribution in [0, 0.1) is 18.8 Å². The van der Waals surface area contributed by atoms with Gasteiger partial charge in [-0.1, -0.05) is 6.92 Å². The molecule has 1 amide bonds. The van der Waals surface area contributed by atoms with Crippen LogP contribution in [-0.2, 0) is 22.4 Å². The minimum Gasteiger partial charge on any atom is -0.543 e. The number of aromatic nitrogens is 1. The van der Waals surface area contributed by atoms with Crippen LogP contribution in [0.2, 0.25) is 0 Å². The van der Waals surface area contributed by atoms with Crippen molar-refractivity contribution < 1.29 is 24.4 Å². The molecule has 2 aliphatic rings. The zero-order chi connectivity index (χ0) is 18.5. The highest BCUT2D eigenvalue weighted by Gasteiger charge is 2.58. The summed E-state index contributed by atoms with van der Waals surface area (Å²) in [7, 11) is 1.95. The van der Waals surface area contributed by atoms with Crippen molar-refractivity contribution in [1.82, 2.24) is 4.90 Å². The molecule has 4 atom stereocenters. The van der Waals surface area contributed by atoms with Crippen molar-refractivity contribution in [3.8, 4) is 0 Å². The number of aliphatic hydroxyl groups is 1. The number of carbonyl (C=O) groups excluding carboxylic acids is 2. The standard InChI is InChI=1S/C18H22N2O4S/c1-9-7-19(4)6-5-12(9)8-25-16-10(2)14-13(11(3)21)17(22)20(14)15(16)18(23)24/h5-7,10-11,13-14,21H,8H2,1-4H3/t10-,11-,13-,14+/m1/s1. The summed E-state index contributed by atoms with van der Waals surface area (Å²) < 4.78 is 1.96. The third kappa shape index (κ3) is 2.85. The number of pyridine rings is 1. The first-order valence-electron chi connectivity index (χ1n) is 8.28. The van der Waals surface area contributed by atoms with E-state index in [1.54, 1.807) is 6.92 Å². The highest BCUT2D eigenvalue weighted by atomic mass is 32.2. The van der Waals surface area contributed by atoms with E-state index in [0.29, 0.717) is 10.7 Å². The molecule has 1 aromatic heterocycles. The quantitative estimate of drug-likeness (QED) is 0.583. The van der Waals surface area contributed by atoms with Crippen molar-refractivity contribution in [2.45, 2.75) is 38.7 Å². The Morgan fingerprint density at radius 2 is 2.20 bits per heavy atom. The number of fused-ring (bicyclic) bond motifs is 1. The zero-order valence-corrected chi connectivity index (χ0v) is 15.5. The van der Waals surface area contributed by atoms with Crippen LogP contribution in [0.1, 0.15) is 25.0 Å². The van der Waals surface area contributed by atoms with Gasteiger partial charge in [0.25, 0.3) is 0 Å². The monoisotopic (exact) mass is 362 g/mol. The summed E-state index contributed by atoms with van der Waals surface area (Å²) >= 11 is 1.44. The van der Waals surface area contributed by atoms with Gasteiger partial charge in [0, 0.05) is 28.2 Å². The molecule has 1 saturated heterocycles. The van der Waals surface area contributed by atoms with Crippen LogP contribution in [0.15, 0.2) is 29.1 Å². The topological polar surface area (TPSA) is 84.5 Å². The number of aliphatic hydroxyl groups excluding tert-OH is 1.